The van der Waals surface area contributed by atoms with Gasteiger partial charge in [-0.1, -0.05) is 85.2 Å². The Balaban J connectivity index is 2.54. The molecule has 33 heavy (non-hydrogen) atoms. The van der Waals surface area contributed by atoms with Crippen molar-refractivity contribution in [3.05, 3.63) is 35.9 Å². The van der Waals surface area contributed by atoms with E-state index in [1.54, 1.807) is 41.5 Å². The SMILES string of the molecule is CCCCS(=O)(=O)NCC1(c2ccccc2)SC(NC(=O)C(C)(C)C)=NN1C(=O)C(C)(C)C. The molecule has 0 bridgehead atoms. The molecular weight excluding hydrogens is 460 g/mol. The highest BCUT2D eigenvalue weighted by molar-refractivity contribution is 8.14. The third-order valence-electron chi connectivity index (χ3n) is 5.06. The molecule has 10 heteroatoms. The smallest absolute Gasteiger partial charge is 0.249 e. The minimum Gasteiger partial charge on any atom is -0.303 e. The fraction of sp³-hybridized carbons (Fsp3) is 0.609. The molecule has 1 aromatic carbocycles. The zero-order valence-electron chi connectivity index (χ0n) is 20.6. The van der Waals surface area contributed by atoms with Crippen LogP contribution in [0.15, 0.2) is 35.4 Å². The number of hydrogen-bond donors (Lipinski definition) is 2. The number of hydrazone groups is 1. The van der Waals surface area contributed by atoms with Crippen LogP contribution in [0, 0.1) is 10.8 Å². The van der Waals surface area contributed by atoms with Gasteiger partial charge in [-0.3, -0.25) is 9.59 Å². The molecule has 2 rings (SSSR count). The number of amidine groups is 1. The summed E-state index contributed by atoms with van der Waals surface area (Å²) < 4.78 is 28.0. The van der Waals surface area contributed by atoms with E-state index < -0.39 is 25.7 Å². The Labute approximate surface area is 202 Å². The summed E-state index contributed by atoms with van der Waals surface area (Å²) in [5.74, 6) is -0.531. The summed E-state index contributed by atoms with van der Waals surface area (Å²) in [6.45, 7) is 12.5. The molecule has 1 aliphatic heterocycles. The first-order valence-corrected chi connectivity index (χ1v) is 13.6. The molecule has 1 aromatic rings. The van der Waals surface area contributed by atoms with Gasteiger partial charge < -0.3 is 5.32 Å². The summed E-state index contributed by atoms with van der Waals surface area (Å²) in [7, 11) is -3.57. The molecule has 1 atom stereocenters. The number of carbonyl (C=O) groups excluding carboxylic acids is 2. The molecule has 0 aromatic heterocycles. The van der Waals surface area contributed by atoms with Crippen LogP contribution in [0.1, 0.15) is 66.9 Å². The van der Waals surface area contributed by atoms with Gasteiger partial charge in [-0.05, 0) is 23.7 Å². The maximum atomic E-state index is 13.5. The Morgan fingerprint density at radius 3 is 2.18 bits per heavy atom. The van der Waals surface area contributed by atoms with Crippen LogP contribution >= 0.6 is 11.8 Å². The van der Waals surface area contributed by atoms with E-state index in [0.29, 0.717) is 12.0 Å². The van der Waals surface area contributed by atoms with Gasteiger partial charge in [0.1, 0.15) is 0 Å². The lowest BCUT2D eigenvalue weighted by Gasteiger charge is -2.38. The van der Waals surface area contributed by atoms with Gasteiger partial charge in [0.2, 0.25) is 21.8 Å². The minimum absolute atomic E-state index is 0.000722. The lowest BCUT2D eigenvalue weighted by Crippen LogP contribution is -2.52. The Hall–Kier alpha value is -1.91. The predicted molar refractivity (Wildman–Crippen MR) is 134 cm³/mol. The van der Waals surface area contributed by atoms with Gasteiger partial charge >= 0.3 is 0 Å². The van der Waals surface area contributed by atoms with E-state index >= 15 is 0 Å². The second-order valence-corrected chi connectivity index (χ2v) is 13.4. The van der Waals surface area contributed by atoms with Crippen LogP contribution in [-0.4, -0.2) is 42.7 Å². The van der Waals surface area contributed by atoms with Crippen LogP contribution in [0.4, 0.5) is 0 Å². The molecule has 184 valence electrons. The lowest BCUT2D eigenvalue weighted by molar-refractivity contribution is -0.143. The second kappa shape index (κ2) is 10.1. The molecule has 0 spiro atoms. The van der Waals surface area contributed by atoms with Gasteiger partial charge in [0.25, 0.3) is 0 Å². The average molecular weight is 497 g/mol. The molecule has 0 aliphatic carbocycles. The third-order valence-corrected chi connectivity index (χ3v) is 7.74. The number of amides is 2. The maximum absolute atomic E-state index is 13.5. The van der Waals surface area contributed by atoms with E-state index in [9.17, 15) is 18.0 Å². The summed E-state index contributed by atoms with van der Waals surface area (Å²) in [5, 5.41) is 8.89. The van der Waals surface area contributed by atoms with E-state index in [1.165, 1.54) is 16.8 Å². The molecule has 0 fully saturated rings. The van der Waals surface area contributed by atoms with Gasteiger partial charge in [-0.15, -0.1) is 5.10 Å². The standard InChI is InChI=1S/C23H36N4O4S2/c1-8-9-15-33(30,31)24-16-23(17-13-11-10-12-14-17)27(19(29)22(5,6)7)26-20(32-23)25-18(28)21(2,3)4/h10-14,24H,8-9,15-16H2,1-7H3,(H,25,26,28). The van der Waals surface area contributed by atoms with Crippen LogP contribution < -0.4 is 10.0 Å². The number of hydrogen-bond acceptors (Lipinski definition) is 6. The number of thioether (sulfide) groups is 1. The summed E-state index contributed by atoms with van der Waals surface area (Å²) in [6, 6.07) is 9.17. The fourth-order valence-corrected chi connectivity index (χ4v) is 5.49. The van der Waals surface area contributed by atoms with Crippen molar-refractivity contribution >= 4 is 38.8 Å². The zero-order valence-corrected chi connectivity index (χ0v) is 22.2. The zero-order chi connectivity index (χ0) is 25.1. The number of nitrogens with zero attached hydrogens (tertiary/aromatic N) is 2. The van der Waals surface area contributed by atoms with E-state index in [2.05, 4.69) is 15.1 Å². The number of sulfonamides is 1. The number of rotatable bonds is 7. The van der Waals surface area contributed by atoms with Crippen LogP contribution in [0.25, 0.3) is 0 Å². The number of unbranched alkanes of at least 4 members (excludes halogenated alkanes) is 1. The molecule has 1 unspecified atom stereocenters. The van der Waals surface area contributed by atoms with Crippen LogP contribution in [0.5, 0.6) is 0 Å². The van der Waals surface area contributed by atoms with E-state index in [4.69, 9.17) is 0 Å². The van der Waals surface area contributed by atoms with Crippen molar-refractivity contribution in [3.63, 3.8) is 0 Å². The Morgan fingerprint density at radius 1 is 1.06 bits per heavy atom. The van der Waals surface area contributed by atoms with Crippen molar-refractivity contribution in [2.24, 2.45) is 15.9 Å². The van der Waals surface area contributed by atoms with Crippen LogP contribution in [0.3, 0.4) is 0 Å². The van der Waals surface area contributed by atoms with Crippen molar-refractivity contribution in [3.8, 4) is 0 Å². The first kappa shape index (κ1) is 27.3. The molecule has 1 heterocycles. The number of benzene rings is 1. The highest BCUT2D eigenvalue weighted by Gasteiger charge is 2.51. The van der Waals surface area contributed by atoms with E-state index in [1.807, 2.05) is 37.3 Å². The number of nitrogens with one attached hydrogen (secondary N) is 2. The van der Waals surface area contributed by atoms with E-state index in [0.717, 1.165) is 6.42 Å². The monoisotopic (exact) mass is 496 g/mol. The highest BCUT2D eigenvalue weighted by Crippen LogP contribution is 2.46. The largest absolute Gasteiger partial charge is 0.303 e. The molecule has 0 saturated heterocycles. The summed E-state index contributed by atoms with van der Waals surface area (Å²) in [6.07, 6.45) is 1.29. The van der Waals surface area contributed by atoms with Crippen molar-refractivity contribution in [2.45, 2.75) is 66.2 Å². The van der Waals surface area contributed by atoms with Gasteiger partial charge in [0, 0.05) is 10.8 Å². The molecular formula is C23H36N4O4S2. The molecule has 8 nitrogen and oxygen atoms in total. The highest BCUT2D eigenvalue weighted by atomic mass is 32.2. The lowest BCUT2D eigenvalue weighted by atomic mass is 9.93. The molecule has 2 N–H and O–H groups in total. The first-order valence-electron chi connectivity index (χ1n) is 11.1. The van der Waals surface area contributed by atoms with E-state index in [-0.39, 0.29) is 29.3 Å². The van der Waals surface area contributed by atoms with Gasteiger partial charge in [-0.25, -0.2) is 18.1 Å². The van der Waals surface area contributed by atoms with Gasteiger partial charge in [-0.2, -0.15) is 0 Å². The summed E-state index contributed by atoms with van der Waals surface area (Å²) >= 11 is 1.17. The Morgan fingerprint density at radius 2 is 1.67 bits per heavy atom. The van der Waals surface area contributed by atoms with Gasteiger partial charge in [0.15, 0.2) is 10.0 Å². The Kier molecular flexibility index (Phi) is 8.41. The first-order chi connectivity index (χ1) is 15.1. The third kappa shape index (κ3) is 6.80. The molecule has 0 saturated carbocycles. The Bertz CT molecular complexity index is 996. The molecule has 1 aliphatic rings. The van der Waals surface area contributed by atoms with Gasteiger partial charge in [0.05, 0.1) is 12.3 Å². The minimum atomic E-state index is -3.57. The topological polar surface area (TPSA) is 108 Å². The second-order valence-electron chi connectivity index (χ2n) is 10.2. The number of carbonyl (C=O) groups is 2. The van der Waals surface area contributed by atoms with Crippen molar-refractivity contribution in [2.75, 3.05) is 12.3 Å². The fourth-order valence-electron chi connectivity index (χ4n) is 2.96. The van der Waals surface area contributed by atoms with Crippen LogP contribution in [0.2, 0.25) is 0 Å². The quantitative estimate of drug-likeness (QED) is 0.599. The predicted octanol–water partition coefficient (Wildman–Crippen LogP) is 3.61. The molecule has 2 amide bonds. The average Bonchev–Trinajstić information content (AvgIpc) is 3.09. The normalized spacial score (nSPS) is 19.4. The summed E-state index contributed by atoms with van der Waals surface area (Å²) in [5.41, 5.74) is -0.745. The van der Waals surface area contributed by atoms with Crippen LogP contribution in [-0.2, 0) is 24.5 Å². The van der Waals surface area contributed by atoms with Crippen molar-refractivity contribution in [1.82, 2.24) is 15.0 Å². The van der Waals surface area contributed by atoms with Crippen molar-refractivity contribution in [1.29, 1.82) is 0 Å². The summed E-state index contributed by atoms with van der Waals surface area (Å²) in [4.78, 5) is 25.0. The van der Waals surface area contributed by atoms with Crippen molar-refractivity contribution < 1.29 is 18.0 Å². The molecule has 0 radical (unpaired) electrons. The maximum Gasteiger partial charge on any atom is 0.249 e.